The number of halogens is 2. The van der Waals surface area contributed by atoms with Crippen LogP contribution in [0.25, 0.3) is 0 Å². The standard InChI is InChI=1S/C21H24F2N2O5S/c1-12-7-18(24-30-12)21-9-14(21)10-25(11-21)19(26)16-8-15(31(4,27)28)5-6-17(16)29-13(2)20(3,22)23/h5-8,13-14H,9-11H2,1-4H3/t13-,14?,21?/m0/s1. The summed E-state index contributed by atoms with van der Waals surface area (Å²) in [6, 6.07) is 5.57. The summed E-state index contributed by atoms with van der Waals surface area (Å²) in [6.07, 6.45) is 0.404. The van der Waals surface area contributed by atoms with Crippen LogP contribution in [-0.2, 0) is 15.3 Å². The molecule has 0 N–H and O–H groups in total. The SMILES string of the molecule is Cc1cc(C23CC2CN(C(=O)c2cc(S(C)(=O)=O)ccc2O[C@@H](C)C(C)(F)F)C3)no1. The monoisotopic (exact) mass is 454 g/mol. The number of fused-ring (bicyclic) bond motifs is 1. The van der Waals surface area contributed by atoms with Crippen LogP contribution in [0, 0.1) is 12.8 Å². The molecule has 0 spiro atoms. The summed E-state index contributed by atoms with van der Waals surface area (Å²) in [5.41, 5.74) is 0.477. The largest absolute Gasteiger partial charge is 0.484 e. The van der Waals surface area contributed by atoms with Gasteiger partial charge in [-0.15, -0.1) is 0 Å². The Balaban J connectivity index is 1.65. The Bertz CT molecular complexity index is 1140. The molecule has 2 fully saturated rings. The first kappa shape index (κ1) is 21.7. The zero-order valence-electron chi connectivity index (χ0n) is 17.7. The highest BCUT2D eigenvalue weighted by Gasteiger charge is 2.63. The second-order valence-corrected chi connectivity index (χ2v) is 10.7. The van der Waals surface area contributed by atoms with Crippen LogP contribution in [0.15, 0.2) is 33.7 Å². The number of aryl methyl sites for hydroxylation is 1. The first-order chi connectivity index (χ1) is 14.3. The van der Waals surface area contributed by atoms with Crippen LogP contribution in [0.5, 0.6) is 5.75 Å². The van der Waals surface area contributed by atoms with Gasteiger partial charge in [-0.1, -0.05) is 5.16 Å². The lowest BCUT2D eigenvalue weighted by atomic mass is 10.0. The maximum absolute atomic E-state index is 13.7. The minimum absolute atomic E-state index is 0.0493. The molecule has 1 saturated carbocycles. The van der Waals surface area contributed by atoms with Gasteiger partial charge in [0.2, 0.25) is 0 Å². The lowest BCUT2D eigenvalue weighted by molar-refractivity contribution is -0.0720. The van der Waals surface area contributed by atoms with Crippen molar-refractivity contribution in [2.45, 2.75) is 49.5 Å². The predicted molar refractivity (Wildman–Crippen MR) is 107 cm³/mol. The number of rotatable bonds is 6. The van der Waals surface area contributed by atoms with Gasteiger partial charge in [0.25, 0.3) is 11.8 Å². The van der Waals surface area contributed by atoms with Crippen molar-refractivity contribution in [3.8, 4) is 5.75 Å². The van der Waals surface area contributed by atoms with Crippen LogP contribution < -0.4 is 4.74 Å². The van der Waals surface area contributed by atoms with E-state index in [-0.39, 0.29) is 27.5 Å². The van der Waals surface area contributed by atoms with Crippen molar-refractivity contribution in [2.24, 2.45) is 5.92 Å². The van der Waals surface area contributed by atoms with E-state index in [2.05, 4.69) is 5.16 Å². The molecular weight excluding hydrogens is 430 g/mol. The highest BCUT2D eigenvalue weighted by molar-refractivity contribution is 7.90. The maximum Gasteiger partial charge on any atom is 0.281 e. The van der Waals surface area contributed by atoms with Gasteiger partial charge < -0.3 is 14.2 Å². The van der Waals surface area contributed by atoms with E-state index in [0.29, 0.717) is 18.8 Å². The summed E-state index contributed by atoms with van der Waals surface area (Å²) in [5, 5.41) is 4.11. The van der Waals surface area contributed by atoms with E-state index in [1.807, 2.05) is 6.07 Å². The van der Waals surface area contributed by atoms with Gasteiger partial charge in [-0.05, 0) is 44.4 Å². The van der Waals surface area contributed by atoms with Crippen molar-refractivity contribution < 1.29 is 31.3 Å². The molecule has 0 radical (unpaired) electrons. The second kappa shape index (κ2) is 7.01. The summed E-state index contributed by atoms with van der Waals surface area (Å²) in [6.45, 7) is 4.58. The van der Waals surface area contributed by atoms with E-state index >= 15 is 0 Å². The average Bonchev–Trinajstić information content (AvgIpc) is 2.99. The number of ether oxygens (including phenoxy) is 1. The van der Waals surface area contributed by atoms with E-state index in [0.717, 1.165) is 25.3 Å². The normalized spacial score (nSPS) is 24.1. The van der Waals surface area contributed by atoms with Crippen molar-refractivity contribution in [3.05, 3.63) is 41.3 Å². The Morgan fingerprint density at radius 3 is 2.68 bits per heavy atom. The zero-order chi connectivity index (χ0) is 22.8. The number of carbonyl (C=O) groups excluding carboxylic acids is 1. The van der Waals surface area contributed by atoms with Gasteiger partial charge in [0.1, 0.15) is 11.5 Å². The molecule has 7 nitrogen and oxygen atoms in total. The summed E-state index contributed by atoms with van der Waals surface area (Å²) < 4.78 is 61.9. The summed E-state index contributed by atoms with van der Waals surface area (Å²) in [5.74, 6) is -2.76. The van der Waals surface area contributed by atoms with Gasteiger partial charge >= 0.3 is 0 Å². The summed E-state index contributed by atoms with van der Waals surface area (Å²) in [7, 11) is -3.61. The van der Waals surface area contributed by atoms with E-state index < -0.39 is 27.8 Å². The highest BCUT2D eigenvalue weighted by atomic mass is 32.2. The molecule has 31 heavy (non-hydrogen) atoms. The summed E-state index contributed by atoms with van der Waals surface area (Å²) >= 11 is 0. The molecule has 2 aliphatic rings. The number of carbonyl (C=O) groups is 1. The molecule has 3 atom stereocenters. The molecule has 1 amide bonds. The lowest BCUT2D eigenvalue weighted by Crippen LogP contribution is -2.35. The van der Waals surface area contributed by atoms with Crippen LogP contribution in [-0.4, -0.2) is 55.8 Å². The molecule has 1 saturated heterocycles. The Labute approximate surface area is 179 Å². The van der Waals surface area contributed by atoms with E-state index in [9.17, 15) is 22.0 Å². The summed E-state index contributed by atoms with van der Waals surface area (Å²) in [4.78, 5) is 14.9. The number of hydrogen-bond donors (Lipinski definition) is 0. The minimum atomic E-state index is -3.61. The number of aromatic nitrogens is 1. The number of piperidine rings is 1. The molecule has 2 aromatic rings. The number of benzene rings is 1. The number of alkyl halides is 2. The number of likely N-dealkylation sites (tertiary alicyclic amines) is 1. The van der Waals surface area contributed by atoms with Crippen LogP contribution in [0.2, 0.25) is 0 Å². The molecule has 2 unspecified atom stereocenters. The van der Waals surface area contributed by atoms with Crippen LogP contribution >= 0.6 is 0 Å². The average molecular weight is 454 g/mol. The Hall–Kier alpha value is -2.49. The third-order valence-corrected chi connectivity index (χ3v) is 7.31. The maximum atomic E-state index is 13.7. The number of amides is 1. The van der Waals surface area contributed by atoms with Crippen LogP contribution in [0.1, 0.15) is 42.1 Å². The van der Waals surface area contributed by atoms with Crippen molar-refractivity contribution >= 4 is 15.7 Å². The molecule has 2 heterocycles. The van der Waals surface area contributed by atoms with Gasteiger partial charge in [0.15, 0.2) is 15.9 Å². The topological polar surface area (TPSA) is 89.7 Å². The fraction of sp³-hybridized carbons (Fsp3) is 0.524. The molecule has 1 aromatic heterocycles. The van der Waals surface area contributed by atoms with Gasteiger partial charge in [-0.2, -0.15) is 0 Å². The first-order valence-electron chi connectivity index (χ1n) is 9.93. The number of sulfone groups is 1. The Morgan fingerprint density at radius 2 is 2.10 bits per heavy atom. The smallest absolute Gasteiger partial charge is 0.281 e. The molecule has 10 heteroatoms. The first-order valence-corrected chi connectivity index (χ1v) is 11.8. The fourth-order valence-electron chi connectivity index (χ4n) is 4.11. The number of hydrogen-bond acceptors (Lipinski definition) is 6. The number of nitrogens with zero attached hydrogens (tertiary/aromatic N) is 2. The zero-order valence-corrected chi connectivity index (χ0v) is 18.5. The van der Waals surface area contributed by atoms with Crippen LogP contribution in [0.4, 0.5) is 8.78 Å². The van der Waals surface area contributed by atoms with Crippen molar-refractivity contribution in [3.63, 3.8) is 0 Å². The Morgan fingerprint density at radius 1 is 1.39 bits per heavy atom. The molecule has 168 valence electrons. The minimum Gasteiger partial charge on any atom is -0.484 e. The Kier molecular flexibility index (Phi) is 4.92. The molecule has 1 aliphatic carbocycles. The lowest BCUT2D eigenvalue weighted by Gasteiger charge is -2.25. The molecule has 1 aromatic carbocycles. The van der Waals surface area contributed by atoms with E-state index in [1.54, 1.807) is 11.8 Å². The van der Waals surface area contributed by atoms with Crippen molar-refractivity contribution in [1.29, 1.82) is 0 Å². The van der Waals surface area contributed by atoms with E-state index in [4.69, 9.17) is 9.26 Å². The fourth-order valence-corrected chi connectivity index (χ4v) is 4.76. The third-order valence-electron chi connectivity index (χ3n) is 6.20. The van der Waals surface area contributed by atoms with Gasteiger partial charge in [-0.25, -0.2) is 17.2 Å². The van der Waals surface area contributed by atoms with Crippen molar-refractivity contribution in [1.82, 2.24) is 10.1 Å². The quantitative estimate of drug-likeness (QED) is 0.666. The van der Waals surface area contributed by atoms with E-state index in [1.165, 1.54) is 25.1 Å². The second-order valence-electron chi connectivity index (χ2n) is 8.71. The van der Waals surface area contributed by atoms with Gasteiger partial charge in [0.05, 0.1) is 16.2 Å². The predicted octanol–water partition coefficient (Wildman–Crippen LogP) is 3.22. The molecule has 1 aliphatic heterocycles. The van der Waals surface area contributed by atoms with Crippen molar-refractivity contribution in [2.75, 3.05) is 19.3 Å². The van der Waals surface area contributed by atoms with Crippen LogP contribution in [0.3, 0.4) is 0 Å². The molecule has 4 rings (SSSR count). The highest BCUT2D eigenvalue weighted by Crippen LogP contribution is 2.59. The molecule has 0 bridgehead atoms. The third kappa shape index (κ3) is 3.93. The van der Waals surface area contributed by atoms with Gasteiger partial charge in [0, 0.05) is 37.8 Å². The molecular formula is C21H24F2N2O5S. The van der Waals surface area contributed by atoms with Gasteiger partial charge in [-0.3, -0.25) is 4.79 Å².